The van der Waals surface area contributed by atoms with Gasteiger partial charge in [0.05, 0.1) is 5.02 Å². The zero-order valence-corrected chi connectivity index (χ0v) is 8.75. The highest BCUT2D eigenvalue weighted by atomic mass is 35.5. The summed E-state index contributed by atoms with van der Waals surface area (Å²) in [7, 11) is 0. The Labute approximate surface area is 84.1 Å². The molecule has 1 aromatic heterocycles. The van der Waals surface area contributed by atoms with Gasteiger partial charge in [-0.3, -0.25) is 4.98 Å². The zero-order valence-electron chi connectivity index (χ0n) is 8.00. The molecule has 3 heteroatoms. The Balaban J connectivity index is 2.88. The Morgan fingerprint density at radius 3 is 2.85 bits per heavy atom. The van der Waals surface area contributed by atoms with Gasteiger partial charge >= 0.3 is 0 Å². The fourth-order valence-electron chi connectivity index (χ4n) is 1.22. The molecule has 0 saturated heterocycles. The molecule has 0 aliphatic rings. The molecular weight excluding hydrogens is 184 g/mol. The van der Waals surface area contributed by atoms with E-state index in [1.165, 1.54) is 0 Å². The average Bonchev–Trinajstić information content (AvgIpc) is 2.16. The van der Waals surface area contributed by atoms with Crippen LogP contribution in [0.3, 0.4) is 0 Å². The van der Waals surface area contributed by atoms with Gasteiger partial charge in [0.25, 0.3) is 0 Å². The van der Waals surface area contributed by atoms with E-state index < -0.39 is 0 Å². The van der Waals surface area contributed by atoms with Gasteiger partial charge in [-0.1, -0.05) is 31.9 Å². The summed E-state index contributed by atoms with van der Waals surface area (Å²) in [5.41, 5.74) is 7.03. The molecule has 2 nitrogen and oxygen atoms in total. The molecule has 0 spiro atoms. The van der Waals surface area contributed by atoms with E-state index in [9.17, 15) is 0 Å². The minimum Gasteiger partial charge on any atom is -0.324 e. The molecule has 1 aromatic rings. The highest BCUT2D eigenvalue weighted by Gasteiger charge is 2.15. The lowest BCUT2D eigenvalue weighted by Gasteiger charge is -2.19. The molecule has 0 aliphatic carbocycles. The van der Waals surface area contributed by atoms with E-state index in [-0.39, 0.29) is 6.04 Å². The molecule has 13 heavy (non-hydrogen) atoms. The lowest BCUT2D eigenvalue weighted by Crippen LogP contribution is -2.18. The van der Waals surface area contributed by atoms with E-state index in [0.29, 0.717) is 10.9 Å². The molecule has 1 rings (SSSR count). The van der Waals surface area contributed by atoms with Crippen LogP contribution in [0.15, 0.2) is 18.5 Å². The molecule has 72 valence electrons. The fourth-order valence-corrected chi connectivity index (χ4v) is 1.46. The van der Waals surface area contributed by atoms with Crippen LogP contribution in [-0.2, 0) is 0 Å². The predicted molar refractivity (Wildman–Crippen MR) is 55.6 cm³/mol. The predicted octanol–water partition coefficient (Wildman–Crippen LogP) is 2.78. The SMILES string of the molecule is CCC(C)[C@H](N)c1ccncc1Cl. The Morgan fingerprint density at radius 1 is 1.62 bits per heavy atom. The van der Waals surface area contributed by atoms with E-state index in [0.717, 1.165) is 12.0 Å². The maximum atomic E-state index is 6.04. The van der Waals surface area contributed by atoms with Crippen LogP contribution in [0.1, 0.15) is 31.9 Å². The standard InChI is InChI=1S/C10H15ClN2/c1-3-7(2)10(12)8-4-5-13-6-9(8)11/h4-7,10H,3,12H2,1-2H3/t7?,10-/m0/s1. The van der Waals surface area contributed by atoms with Gasteiger partial charge in [-0.05, 0) is 17.5 Å². The Morgan fingerprint density at radius 2 is 2.31 bits per heavy atom. The largest absolute Gasteiger partial charge is 0.324 e. The lowest BCUT2D eigenvalue weighted by atomic mass is 9.94. The van der Waals surface area contributed by atoms with Crippen molar-refractivity contribution >= 4 is 11.6 Å². The quantitative estimate of drug-likeness (QED) is 0.811. The van der Waals surface area contributed by atoms with Crippen molar-refractivity contribution in [1.82, 2.24) is 4.98 Å². The summed E-state index contributed by atoms with van der Waals surface area (Å²) in [6.45, 7) is 4.25. The van der Waals surface area contributed by atoms with E-state index in [1.807, 2.05) is 6.07 Å². The number of rotatable bonds is 3. The summed E-state index contributed by atoms with van der Waals surface area (Å²) >= 11 is 5.98. The number of aromatic nitrogens is 1. The van der Waals surface area contributed by atoms with Crippen LogP contribution < -0.4 is 5.73 Å². The van der Waals surface area contributed by atoms with Gasteiger partial charge in [0.15, 0.2) is 0 Å². The first-order valence-electron chi connectivity index (χ1n) is 4.51. The van der Waals surface area contributed by atoms with Crippen molar-refractivity contribution in [1.29, 1.82) is 0 Å². The second kappa shape index (κ2) is 4.58. The van der Waals surface area contributed by atoms with Gasteiger partial charge < -0.3 is 5.73 Å². The molecule has 2 N–H and O–H groups in total. The van der Waals surface area contributed by atoms with Crippen molar-refractivity contribution < 1.29 is 0 Å². The van der Waals surface area contributed by atoms with Gasteiger partial charge in [0, 0.05) is 18.4 Å². The topological polar surface area (TPSA) is 38.9 Å². The zero-order chi connectivity index (χ0) is 9.84. The fraction of sp³-hybridized carbons (Fsp3) is 0.500. The number of nitrogens with zero attached hydrogens (tertiary/aromatic N) is 1. The number of hydrogen-bond donors (Lipinski definition) is 1. The van der Waals surface area contributed by atoms with Gasteiger partial charge in [0.2, 0.25) is 0 Å². The number of nitrogens with two attached hydrogens (primary N) is 1. The minimum absolute atomic E-state index is 0.0144. The van der Waals surface area contributed by atoms with Gasteiger partial charge in [-0.2, -0.15) is 0 Å². The maximum absolute atomic E-state index is 6.04. The molecule has 0 aliphatic heterocycles. The van der Waals surface area contributed by atoms with Crippen LogP contribution in [-0.4, -0.2) is 4.98 Å². The van der Waals surface area contributed by atoms with Crippen molar-refractivity contribution in [3.63, 3.8) is 0 Å². The third-order valence-electron chi connectivity index (χ3n) is 2.42. The summed E-state index contributed by atoms with van der Waals surface area (Å²) in [6.07, 6.45) is 4.42. The third-order valence-corrected chi connectivity index (χ3v) is 2.74. The number of halogens is 1. The Hall–Kier alpha value is -0.600. The van der Waals surface area contributed by atoms with E-state index >= 15 is 0 Å². The monoisotopic (exact) mass is 198 g/mol. The highest BCUT2D eigenvalue weighted by molar-refractivity contribution is 6.31. The van der Waals surface area contributed by atoms with Crippen LogP contribution >= 0.6 is 11.6 Å². The molecule has 0 radical (unpaired) electrons. The summed E-state index contributed by atoms with van der Waals surface area (Å²) in [6, 6.07) is 1.90. The van der Waals surface area contributed by atoms with E-state index in [1.54, 1.807) is 12.4 Å². The van der Waals surface area contributed by atoms with Gasteiger partial charge in [0.1, 0.15) is 0 Å². The van der Waals surface area contributed by atoms with Crippen molar-refractivity contribution in [2.24, 2.45) is 11.7 Å². The van der Waals surface area contributed by atoms with Crippen molar-refractivity contribution in [3.8, 4) is 0 Å². The first-order valence-corrected chi connectivity index (χ1v) is 4.89. The minimum atomic E-state index is 0.0144. The summed E-state index contributed by atoms with van der Waals surface area (Å²) in [5, 5.41) is 0.662. The van der Waals surface area contributed by atoms with E-state index in [2.05, 4.69) is 18.8 Å². The first-order chi connectivity index (χ1) is 6.16. The van der Waals surface area contributed by atoms with Crippen LogP contribution in [0, 0.1) is 5.92 Å². The first kappa shape index (κ1) is 10.5. The highest BCUT2D eigenvalue weighted by Crippen LogP contribution is 2.26. The molecular formula is C10H15ClN2. The van der Waals surface area contributed by atoms with Crippen LogP contribution in [0.5, 0.6) is 0 Å². The number of pyridine rings is 1. The van der Waals surface area contributed by atoms with Crippen molar-refractivity contribution in [2.45, 2.75) is 26.3 Å². The van der Waals surface area contributed by atoms with Crippen molar-refractivity contribution in [2.75, 3.05) is 0 Å². The lowest BCUT2D eigenvalue weighted by molar-refractivity contribution is 0.456. The second-order valence-corrected chi connectivity index (χ2v) is 3.72. The van der Waals surface area contributed by atoms with Gasteiger partial charge in [-0.25, -0.2) is 0 Å². The normalized spacial score (nSPS) is 15.4. The summed E-state index contributed by atoms with van der Waals surface area (Å²) < 4.78 is 0. The Kier molecular flexibility index (Phi) is 3.70. The van der Waals surface area contributed by atoms with Gasteiger partial charge in [-0.15, -0.1) is 0 Å². The molecule has 2 atom stereocenters. The summed E-state index contributed by atoms with van der Waals surface area (Å²) in [5.74, 6) is 0.444. The maximum Gasteiger partial charge on any atom is 0.0637 e. The summed E-state index contributed by atoms with van der Waals surface area (Å²) in [4.78, 5) is 3.92. The second-order valence-electron chi connectivity index (χ2n) is 3.31. The van der Waals surface area contributed by atoms with E-state index in [4.69, 9.17) is 17.3 Å². The average molecular weight is 199 g/mol. The van der Waals surface area contributed by atoms with Crippen LogP contribution in [0.2, 0.25) is 5.02 Å². The van der Waals surface area contributed by atoms with Crippen molar-refractivity contribution in [3.05, 3.63) is 29.0 Å². The molecule has 0 fully saturated rings. The smallest absolute Gasteiger partial charge is 0.0637 e. The molecule has 0 aromatic carbocycles. The molecule has 0 bridgehead atoms. The number of hydrogen-bond acceptors (Lipinski definition) is 2. The molecule has 0 amide bonds. The third kappa shape index (κ3) is 2.42. The Bertz CT molecular complexity index is 275. The molecule has 1 unspecified atom stereocenters. The van der Waals surface area contributed by atoms with Crippen LogP contribution in [0.4, 0.5) is 0 Å². The van der Waals surface area contributed by atoms with Crippen LogP contribution in [0.25, 0.3) is 0 Å². The molecule has 1 heterocycles. The molecule has 0 saturated carbocycles.